The Morgan fingerprint density at radius 2 is 1.48 bits per heavy atom. The number of carbonyl (C=O) groups excluding carboxylic acids is 3. The number of imide groups is 1. The number of hydrogen-bond acceptors (Lipinski definition) is 7. The molecule has 0 saturated heterocycles. The van der Waals surface area contributed by atoms with Gasteiger partial charge in [0.1, 0.15) is 0 Å². The van der Waals surface area contributed by atoms with Gasteiger partial charge in [-0.2, -0.15) is 0 Å². The van der Waals surface area contributed by atoms with E-state index >= 15 is 0 Å². The zero-order chi connectivity index (χ0) is 20.4. The highest BCUT2D eigenvalue weighted by Crippen LogP contribution is 2.39. The molecule has 0 saturated carbocycles. The minimum Gasteiger partial charge on any atom is -0.490 e. The second-order valence-corrected chi connectivity index (χ2v) is 5.22. The van der Waals surface area contributed by atoms with Gasteiger partial charge in [-0.15, -0.1) is 0 Å². The highest BCUT2D eigenvalue weighted by atomic mass is 16.6. The SMILES string of the molecule is CCOc1cc(C(=O)O[C@@H](C)C(=O)NC(=O)NC)cc(OCC)c1OCC. The third kappa shape index (κ3) is 6.36. The molecule has 0 spiro atoms. The van der Waals surface area contributed by atoms with Crippen LogP contribution in [0.15, 0.2) is 12.1 Å². The van der Waals surface area contributed by atoms with Crippen molar-refractivity contribution in [1.82, 2.24) is 10.6 Å². The van der Waals surface area contributed by atoms with E-state index in [1.54, 1.807) is 13.8 Å². The Kier molecular flexibility index (Phi) is 8.91. The summed E-state index contributed by atoms with van der Waals surface area (Å²) in [5.41, 5.74) is 0.130. The van der Waals surface area contributed by atoms with Gasteiger partial charge in [0, 0.05) is 7.05 Å². The lowest BCUT2D eigenvalue weighted by atomic mass is 10.1. The maximum Gasteiger partial charge on any atom is 0.339 e. The van der Waals surface area contributed by atoms with Crippen molar-refractivity contribution >= 4 is 17.9 Å². The maximum atomic E-state index is 12.4. The molecule has 0 radical (unpaired) electrons. The molecule has 1 aromatic carbocycles. The zero-order valence-corrected chi connectivity index (χ0v) is 16.2. The molecule has 3 amide bonds. The normalized spacial score (nSPS) is 11.1. The number of hydrogen-bond donors (Lipinski definition) is 2. The van der Waals surface area contributed by atoms with Gasteiger partial charge < -0.3 is 24.3 Å². The molecule has 1 rings (SSSR count). The Morgan fingerprint density at radius 1 is 0.963 bits per heavy atom. The summed E-state index contributed by atoms with van der Waals surface area (Å²) < 4.78 is 21.8. The number of esters is 1. The van der Waals surface area contributed by atoms with Crippen LogP contribution in [-0.2, 0) is 9.53 Å². The van der Waals surface area contributed by atoms with Crippen molar-refractivity contribution in [2.24, 2.45) is 0 Å². The van der Waals surface area contributed by atoms with E-state index in [-0.39, 0.29) is 5.56 Å². The predicted molar refractivity (Wildman–Crippen MR) is 97.4 cm³/mol. The average Bonchev–Trinajstić information content (AvgIpc) is 2.64. The Balaban J connectivity index is 3.07. The van der Waals surface area contributed by atoms with E-state index in [1.807, 2.05) is 12.2 Å². The summed E-state index contributed by atoms with van der Waals surface area (Å²) in [4.78, 5) is 35.5. The molecular weight excluding hydrogens is 356 g/mol. The first-order valence-corrected chi connectivity index (χ1v) is 8.67. The largest absolute Gasteiger partial charge is 0.490 e. The molecule has 1 atom stereocenters. The van der Waals surface area contributed by atoms with Crippen molar-refractivity contribution in [2.75, 3.05) is 26.9 Å². The Labute approximate surface area is 158 Å². The lowest BCUT2D eigenvalue weighted by Crippen LogP contribution is -2.43. The van der Waals surface area contributed by atoms with Gasteiger partial charge in [-0.25, -0.2) is 9.59 Å². The van der Waals surface area contributed by atoms with Crippen molar-refractivity contribution < 1.29 is 33.3 Å². The molecule has 1 aromatic rings. The van der Waals surface area contributed by atoms with Gasteiger partial charge in [0.25, 0.3) is 5.91 Å². The lowest BCUT2D eigenvalue weighted by molar-refractivity contribution is -0.127. The number of benzene rings is 1. The maximum absolute atomic E-state index is 12.4. The van der Waals surface area contributed by atoms with Gasteiger partial charge in [0.2, 0.25) is 5.75 Å². The monoisotopic (exact) mass is 382 g/mol. The molecule has 27 heavy (non-hydrogen) atoms. The molecule has 0 fully saturated rings. The summed E-state index contributed by atoms with van der Waals surface area (Å²) in [5, 5.41) is 4.28. The molecule has 0 heterocycles. The fourth-order valence-electron chi connectivity index (χ4n) is 2.06. The standard InChI is InChI=1S/C18H26N2O7/c1-6-24-13-9-12(10-14(25-7-2)15(13)26-8-3)17(22)27-11(4)16(21)20-18(23)19-5/h9-11H,6-8H2,1-5H3,(H2,19,20,21,23)/t11-/m0/s1. The minimum atomic E-state index is -1.17. The summed E-state index contributed by atoms with van der Waals surface area (Å²) >= 11 is 0. The molecule has 9 heteroatoms. The minimum absolute atomic E-state index is 0.130. The first kappa shape index (κ1) is 22.1. The number of carbonyl (C=O) groups is 3. The molecule has 0 aliphatic rings. The summed E-state index contributed by atoms with van der Waals surface area (Å²) in [6, 6.07) is 2.23. The fraction of sp³-hybridized carbons (Fsp3) is 0.500. The van der Waals surface area contributed by atoms with Gasteiger partial charge in [0.05, 0.1) is 25.4 Å². The molecule has 150 valence electrons. The number of nitrogens with one attached hydrogen (secondary N) is 2. The first-order chi connectivity index (χ1) is 12.9. The van der Waals surface area contributed by atoms with Crippen molar-refractivity contribution in [3.8, 4) is 17.2 Å². The van der Waals surface area contributed by atoms with E-state index in [2.05, 4.69) is 5.32 Å². The van der Waals surface area contributed by atoms with Crippen LogP contribution in [0.4, 0.5) is 4.79 Å². The molecule has 2 N–H and O–H groups in total. The van der Waals surface area contributed by atoms with E-state index in [4.69, 9.17) is 18.9 Å². The van der Waals surface area contributed by atoms with Crippen LogP contribution in [0.5, 0.6) is 17.2 Å². The molecule has 0 aliphatic heterocycles. The quantitative estimate of drug-likeness (QED) is 0.627. The third-order valence-electron chi connectivity index (χ3n) is 3.26. The average molecular weight is 382 g/mol. The number of rotatable bonds is 9. The predicted octanol–water partition coefficient (Wildman–Crippen LogP) is 1.88. The summed E-state index contributed by atoms with van der Waals surface area (Å²) in [7, 11) is 1.36. The number of ether oxygens (including phenoxy) is 4. The van der Waals surface area contributed by atoms with Crippen LogP contribution in [0.3, 0.4) is 0 Å². The summed E-state index contributed by atoms with van der Waals surface area (Å²) in [5.74, 6) is -0.453. The Bertz CT molecular complexity index is 649. The second kappa shape index (κ2) is 10.9. The number of urea groups is 1. The van der Waals surface area contributed by atoms with Crippen LogP contribution < -0.4 is 24.8 Å². The lowest BCUT2D eigenvalue weighted by Gasteiger charge is -2.18. The van der Waals surface area contributed by atoms with Crippen LogP contribution in [0.2, 0.25) is 0 Å². The van der Waals surface area contributed by atoms with E-state index in [0.29, 0.717) is 37.1 Å². The van der Waals surface area contributed by atoms with Crippen molar-refractivity contribution in [3.63, 3.8) is 0 Å². The van der Waals surface area contributed by atoms with E-state index in [0.717, 1.165) is 0 Å². The first-order valence-electron chi connectivity index (χ1n) is 8.67. The molecule has 9 nitrogen and oxygen atoms in total. The van der Waals surface area contributed by atoms with Gasteiger partial charge in [-0.1, -0.05) is 0 Å². The third-order valence-corrected chi connectivity index (χ3v) is 3.26. The van der Waals surface area contributed by atoms with Crippen LogP contribution in [0.25, 0.3) is 0 Å². The van der Waals surface area contributed by atoms with E-state index in [1.165, 1.54) is 26.1 Å². The van der Waals surface area contributed by atoms with Crippen LogP contribution in [-0.4, -0.2) is 50.9 Å². The molecule has 0 aliphatic carbocycles. The Morgan fingerprint density at radius 3 is 1.93 bits per heavy atom. The van der Waals surface area contributed by atoms with Crippen molar-refractivity contribution in [1.29, 1.82) is 0 Å². The smallest absolute Gasteiger partial charge is 0.339 e. The summed E-state index contributed by atoms with van der Waals surface area (Å²) in [6.07, 6.45) is -1.17. The van der Waals surface area contributed by atoms with Crippen LogP contribution in [0, 0.1) is 0 Å². The van der Waals surface area contributed by atoms with Crippen molar-refractivity contribution in [2.45, 2.75) is 33.8 Å². The van der Waals surface area contributed by atoms with Gasteiger partial charge >= 0.3 is 12.0 Å². The van der Waals surface area contributed by atoms with Crippen molar-refractivity contribution in [3.05, 3.63) is 17.7 Å². The molecule has 0 bridgehead atoms. The fourth-order valence-corrected chi connectivity index (χ4v) is 2.06. The van der Waals surface area contributed by atoms with Crippen LogP contribution in [0.1, 0.15) is 38.1 Å². The van der Waals surface area contributed by atoms with Gasteiger partial charge in [0.15, 0.2) is 17.6 Å². The molecular formula is C18H26N2O7. The zero-order valence-electron chi connectivity index (χ0n) is 16.2. The topological polar surface area (TPSA) is 112 Å². The Hall–Kier alpha value is -2.97. The number of amides is 3. The van der Waals surface area contributed by atoms with E-state index in [9.17, 15) is 14.4 Å². The second-order valence-electron chi connectivity index (χ2n) is 5.22. The van der Waals surface area contributed by atoms with E-state index < -0.39 is 24.0 Å². The molecule has 0 aromatic heterocycles. The van der Waals surface area contributed by atoms with Gasteiger partial charge in [-0.3, -0.25) is 10.1 Å². The summed E-state index contributed by atoms with van der Waals surface area (Å²) in [6.45, 7) is 7.88. The highest BCUT2D eigenvalue weighted by molar-refractivity contribution is 5.98. The molecule has 0 unspecified atom stereocenters. The van der Waals surface area contributed by atoms with Crippen LogP contribution >= 0.6 is 0 Å². The highest BCUT2D eigenvalue weighted by Gasteiger charge is 2.23. The van der Waals surface area contributed by atoms with Gasteiger partial charge in [-0.05, 0) is 39.8 Å².